The number of aryl methyl sites for hydroxylation is 1. The van der Waals surface area contributed by atoms with Gasteiger partial charge in [-0.3, -0.25) is 4.79 Å². The van der Waals surface area contributed by atoms with E-state index in [-0.39, 0.29) is 11.4 Å². The number of H-pyrrole nitrogens is 1. The highest BCUT2D eigenvalue weighted by Crippen LogP contribution is 2.24. The number of benzene rings is 1. The van der Waals surface area contributed by atoms with Gasteiger partial charge in [0.05, 0.1) is 12.7 Å². The lowest BCUT2D eigenvalue weighted by Crippen LogP contribution is -2.17. The number of nitrogens with two attached hydrogens (primary N) is 1. The molecule has 5 heteroatoms. The van der Waals surface area contributed by atoms with E-state index in [1.807, 2.05) is 32.0 Å². The molecule has 2 aromatic rings. The van der Waals surface area contributed by atoms with E-state index in [0.29, 0.717) is 17.8 Å². The molecule has 0 saturated carbocycles. The number of ether oxygens (including phenoxy) is 1. The third kappa shape index (κ3) is 2.45. The summed E-state index contributed by atoms with van der Waals surface area (Å²) in [4.78, 5) is 18.9. The average Bonchev–Trinajstić information content (AvgIpc) is 2.38. The van der Waals surface area contributed by atoms with E-state index in [1.54, 1.807) is 7.11 Å². The minimum absolute atomic E-state index is 0.182. The second-order valence-electron chi connectivity index (χ2n) is 4.32. The first-order valence-corrected chi connectivity index (χ1v) is 6.10. The first-order chi connectivity index (χ1) is 9.06. The van der Waals surface area contributed by atoms with Crippen LogP contribution in [0.15, 0.2) is 23.0 Å². The summed E-state index contributed by atoms with van der Waals surface area (Å²) in [6.07, 6.45) is 0.566. The Morgan fingerprint density at radius 3 is 2.68 bits per heavy atom. The molecular formula is C14H17N3O2. The van der Waals surface area contributed by atoms with Gasteiger partial charge in [-0.25, -0.2) is 4.98 Å². The Balaban J connectivity index is 2.54. The van der Waals surface area contributed by atoms with Crippen LogP contribution in [-0.2, 0) is 6.42 Å². The van der Waals surface area contributed by atoms with Crippen LogP contribution in [0, 0.1) is 6.92 Å². The number of nitrogens with zero attached hydrogens (tertiary/aromatic N) is 1. The smallest absolute Gasteiger partial charge is 0.256 e. The van der Waals surface area contributed by atoms with E-state index in [2.05, 4.69) is 9.97 Å². The monoisotopic (exact) mass is 259 g/mol. The summed E-state index contributed by atoms with van der Waals surface area (Å²) in [6, 6.07) is 5.59. The molecule has 100 valence electrons. The van der Waals surface area contributed by atoms with Gasteiger partial charge in [-0.15, -0.1) is 0 Å². The molecule has 0 atom stereocenters. The van der Waals surface area contributed by atoms with Gasteiger partial charge >= 0.3 is 0 Å². The molecule has 2 rings (SSSR count). The summed E-state index contributed by atoms with van der Waals surface area (Å²) in [7, 11) is 1.62. The third-order valence-electron chi connectivity index (χ3n) is 3.07. The van der Waals surface area contributed by atoms with E-state index in [9.17, 15) is 4.79 Å². The predicted molar refractivity (Wildman–Crippen MR) is 75.4 cm³/mol. The molecule has 5 nitrogen and oxygen atoms in total. The molecule has 0 unspecified atom stereocenters. The molecular weight excluding hydrogens is 242 g/mol. The Morgan fingerprint density at radius 2 is 2.16 bits per heavy atom. The summed E-state index contributed by atoms with van der Waals surface area (Å²) in [5.74, 6) is 1.56. The highest BCUT2D eigenvalue weighted by molar-refractivity contribution is 5.60. The zero-order valence-corrected chi connectivity index (χ0v) is 11.3. The first-order valence-electron chi connectivity index (χ1n) is 6.10. The summed E-state index contributed by atoms with van der Waals surface area (Å²) in [5.41, 5.74) is 7.93. The standard InChI is InChI=1S/C14H17N3O2/c1-4-10-12(15)16-13(17-14(10)18)9-5-6-11(19-3)8(2)7-9/h5-7H,4H2,1-3H3,(H3,15,16,17,18). The molecule has 1 aromatic carbocycles. The summed E-state index contributed by atoms with van der Waals surface area (Å²) < 4.78 is 5.20. The molecule has 1 heterocycles. The van der Waals surface area contributed by atoms with Crippen molar-refractivity contribution in [2.75, 3.05) is 12.8 Å². The van der Waals surface area contributed by atoms with E-state index >= 15 is 0 Å². The van der Waals surface area contributed by atoms with E-state index in [4.69, 9.17) is 10.5 Å². The van der Waals surface area contributed by atoms with Crippen molar-refractivity contribution in [1.82, 2.24) is 9.97 Å². The topological polar surface area (TPSA) is 81.0 Å². The summed E-state index contributed by atoms with van der Waals surface area (Å²) in [6.45, 7) is 3.81. The van der Waals surface area contributed by atoms with Crippen molar-refractivity contribution < 1.29 is 4.74 Å². The first kappa shape index (κ1) is 13.1. The lowest BCUT2D eigenvalue weighted by atomic mass is 10.1. The van der Waals surface area contributed by atoms with Crippen LogP contribution >= 0.6 is 0 Å². The molecule has 0 radical (unpaired) electrons. The maximum absolute atomic E-state index is 11.9. The molecule has 0 fully saturated rings. The lowest BCUT2D eigenvalue weighted by Gasteiger charge is -2.08. The maximum Gasteiger partial charge on any atom is 0.256 e. The van der Waals surface area contributed by atoms with Crippen LogP contribution < -0.4 is 16.0 Å². The van der Waals surface area contributed by atoms with Gasteiger partial charge in [0.25, 0.3) is 5.56 Å². The van der Waals surface area contributed by atoms with Crippen LogP contribution in [0.2, 0.25) is 0 Å². The fourth-order valence-corrected chi connectivity index (χ4v) is 2.02. The Kier molecular flexibility index (Phi) is 3.55. The number of hydrogen-bond acceptors (Lipinski definition) is 4. The highest BCUT2D eigenvalue weighted by atomic mass is 16.5. The van der Waals surface area contributed by atoms with Gasteiger partial charge in [-0.1, -0.05) is 6.92 Å². The van der Waals surface area contributed by atoms with Gasteiger partial charge in [-0.2, -0.15) is 0 Å². The van der Waals surface area contributed by atoms with Gasteiger partial charge in [0.1, 0.15) is 17.4 Å². The number of nitrogens with one attached hydrogen (secondary N) is 1. The molecule has 0 spiro atoms. The number of hydrogen-bond donors (Lipinski definition) is 2. The molecule has 0 aliphatic rings. The third-order valence-corrected chi connectivity index (χ3v) is 3.07. The number of nitrogen functional groups attached to an aromatic ring is 1. The van der Waals surface area contributed by atoms with Crippen molar-refractivity contribution in [2.24, 2.45) is 0 Å². The van der Waals surface area contributed by atoms with Crippen molar-refractivity contribution >= 4 is 5.82 Å². The number of methoxy groups -OCH3 is 1. The second-order valence-corrected chi connectivity index (χ2v) is 4.32. The van der Waals surface area contributed by atoms with Crippen molar-refractivity contribution in [2.45, 2.75) is 20.3 Å². The van der Waals surface area contributed by atoms with Crippen LogP contribution in [0.25, 0.3) is 11.4 Å². The number of anilines is 1. The Morgan fingerprint density at radius 1 is 1.42 bits per heavy atom. The van der Waals surface area contributed by atoms with Crippen molar-refractivity contribution in [3.05, 3.63) is 39.7 Å². The lowest BCUT2D eigenvalue weighted by molar-refractivity contribution is 0.412. The summed E-state index contributed by atoms with van der Waals surface area (Å²) in [5, 5.41) is 0. The maximum atomic E-state index is 11.9. The van der Waals surface area contributed by atoms with Crippen LogP contribution in [0.4, 0.5) is 5.82 Å². The van der Waals surface area contributed by atoms with Crippen LogP contribution in [0.1, 0.15) is 18.1 Å². The van der Waals surface area contributed by atoms with E-state index in [1.165, 1.54) is 0 Å². The SMILES string of the molecule is CCc1c(N)nc(-c2ccc(OC)c(C)c2)[nH]c1=O. The predicted octanol–water partition coefficient (Wildman–Crippen LogP) is 1.90. The molecule has 1 aromatic heterocycles. The van der Waals surface area contributed by atoms with Crippen LogP contribution in [0.3, 0.4) is 0 Å². The van der Waals surface area contributed by atoms with E-state index in [0.717, 1.165) is 16.9 Å². The number of rotatable bonds is 3. The number of aromatic amines is 1. The zero-order valence-electron chi connectivity index (χ0n) is 11.3. The normalized spacial score (nSPS) is 10.5. The minimum Gasteiger partial charge on any atom is -0.496 e. The zero-order chi connectivity index (χ0) is 14.0. The average molecular weight is 259 g/mol. The molecule has 0 saturated heterocycles. The van der Waals surface area contributed by atoms with Gasteiger partial charge in [0, 0.05) is 5.56 Å². The fourth-order valence-electron chi connectivity index (χ4n) is 2.02. The molecule has 19 heavy (non-hydrogen) atoms. The Hall–Kier alpha value is -2.30. The van der Waals surface area contributed by atoms with Crippen LogP contribution in [0.5, 0.6) is 5.75 Å². The van der Waals surface area contributed by atoms with Crippen molar-refractivity contribution in [1.29, 1.82) is 0 Å². The molecule has 0 aliphatic heterocycles. The molecule has 3 N–H and O–H groups in total. The largest absolute Gasteiger partial charge is 0.496 e. The van der Waals surface area contributed by atoms with Crippen molar-refractivity contribution in [3.63, 3.8) is 0 Å². The van der Waals surface area contributed by atoms with Crippen molar-refractivity contribution in [3.8, 4) is 17.1 Å². The Bertz CT molecular complexity index is 662. The second kappa shape index (κ2) is 5.14. The fraction of sp³-hybridized carbons (Fsp3) is 0.286. The van der Waals surface area contributed by atoms with Gasteiger partial charge in [0.15, 0.2) is 0 Å². The quantitative estimate of drug-likeness (QED) is 0.882. The Labute approximate surface area is 111 Å². The number of aromatic nitrogens is 2. The molecule has 0 bridgehead atoms. The van der Waals surface area contributed by atoms with Gasteiger partial charge in [-0.05, 0) is 37.1 Å². The van der Waals surface area contributed by atoms with E-state index < -0.39 is 0 Å². The minimum atomic E-state index is -0.182. The molecule has 0 amide bonds. The van der Waals surface area contributed by atoms with Gasteiger partial charge in [0.2, 0.25) is 0 Å². The van der Waals surface area contributed by atoms with Gasteiger partial charge < -0.3 is 15.5 Å². The highest BCUT2D eigenvalue weighted by Gasteiger charge is 2.09. The molecule has 0 aliphatic carbocycles. The van der Waals surface area contributed by atoms with Crippen LogP contribution in [-0.4, -0.2) is 17.1 Å². The summed E-state index contributed by atoms with van der Waals surface area (Å²) >= 11 is 0.